The molecule has 0 saturated carbocycles. The predicted octanol–water partition coefficient (Wildman–Crippen LogP) is 4.11. The summed E-state index contributed by atoms with van der Waals surface area (Å²) in [5.41, 5.74) is 7.52. The Morgan fingerprint density at radius 2 is 2.00 bits per heavy atom. The molecule has 0 radical (unpaired) electrons. The van der Waals surface area contributed by atoms with Crippen LogP contribution < -0.4 is 10.5 Å². The highest BCUT2D eigenvalue weighted by molar-refractivity contribution is 7.98. The zero-order valence-electron chi connectivity index (χ0n) is 10.9. The van der Waals surface area contributed by atoms with E-state index in [9.17, 15) is 4.39 Å². The average Bonchev–Trinajstić information content (AvgIpc) is 2.41. The number of nitrogens with two attached hydrogens (primary N) is 1. The van der Waals surface area contributed by atoms with Gasteiger partial charge in [-0.25, -0.2) is 4.39 Å². The van der Waals surface area contributed by atoms with Crippen molar-refractivity contribution in [1.29, 1.82) is 0 Å². The molecule has 0 fully saturated rings. The van der Waals surface area contributed by atoms with Gasteiger partial charge in [-0.2, -0.15) is 0 Å². The molecule has 2 aromatic rings. The SMILES string of the molecule is CSc1cccc(Oc2ccc(F)cc2C)c1CN. The van der Waals surface area contributed by atoms with Crippen LogP contribution in [0.2, 0.25) is 0 Å². The minimum Gasteiger partial charge on any atom is -0.457 e. The van der Waals surface area contributed by atoms with Gasteiger partial charge < -0.3 is 10.5 Å². The summed E-state index contributed by atoms with van der Waals surface area (Å²) in [4.78, 5) is 1.10. The lowest BCUT2D eigenvalue weighted by atomic mass is 10.2. The molecule has 0 aliphatic carbocycles. The van der Waals surface area contributed by atoms with E-state index in [0.29, 0.717) is 12.3 Å². The van der Waals surface area contributed by atoms with E-state index in [1.165, 1.54) is 12.1 Å². The maximum absolute atomic E-state index is 13.1. The van der Waals surface area contributed by atoms with Crippen molar-refractivity contribution < 1.29 is 9.13 Å². The van der Waals surface area contributed by atoms with Crippen LogP contribution in [-0.4, -0.2) is 6.26 Å². The largest absolute Gasteiger partial charge is 0.457 e. The Hall–Kier alpha value is -1.52. The van der Waals surface area contributed by atoms with E-state index in [2.05, 4.69) is 0 Å². The molecule has 0 aromatic heterocycles. The van der Waals surface area contributed by atoms with Crippen molar-refractivity contribution in [2.24, 2.45) is 5.73 Å². The van der Waals surface area contributed by atoms with Gasteiger partial charge in [0.25, 0.3) is 0 Å². The molecule has 19 heavy (non-hydrogen) atoms. The van der Waals surface area contributed by atoms with Crippen molar-refractivity contribution in [2.45, 2.75) is 18.4 Å². The highest BCUT2D eigenvalue weighted by atomic mass is 32.2. The Bertz CT molecular complexity index is 586. The van der Waals surface area contributed by atoms with Gasteiger partial charge >= 0.3 is 0 Å². The summed E-state index contributed by atoms with van der Waals surface area (Å²) in [5, 5.41) is 0. The van der Waals surface area contributed by atoms with Crippen LogP contribution in [0.5, 0.6) is 11.5 Å². The van der Waals surface area contributed by atoms with Gasteiger partial charge in [0, 0.05) is 17.0 Å². The van der Waals surface area contributed by atoms with Crippen LogP contribution in [-0.2, 0) is 6.54 Å². The van der Waals surface area contributed by atoms with E-state index in [0.717, 1.165) is 21.8 Å². The molecular formula is C15H16FNOS. The van der Waals surface area contributed by atoms with Crippen LogP contribution >= 0.6 is 11.8 Å². The number of benzene rings is 2. The van der Waals surface area contributed by atoms with Crippen LogP contribution in [0.3, 0.4) is 0 Å². The molecule has 0 heterocycles. The second kappa shape index (κ2) is 6.08. The van der Waals surface area contributed by atoms with E-state index in [-0.39, 0.29) is 5.82 Å². The highest BCUT2D eigenvalue weighted by Gasteiger charge is 2.10. The number of ether oxygens (including phenoxy) is 1. The first-order valence-corrected chi connectivity index (χ1v) is 7.18. The third-order valence-corrected chi connectivity index (χ3v) is 3.69. The third-order valence-electron chi connectivity index (χ3n) is 2.87. The maximum Gasteiger partial charge on any atom is 0.133 e. The molecule has 100 valence electrons. The molecule has 0 unspecified atom stereocenters. The van der Waals surface area contributed by atoms with Crippen molar-refractivity contribution in [2.75, 3.05) is 6.26 Å². The zero-order valence-corrected chi connectivity index (χ0v) is 11.8. The molecule has 0 bridgehead atoms. The molecule has 0 spiro atoms. The molecule has 0 atom stereocenters. The number of hydrogen-bond donors (Lipinski definition) is 1. The topological polar surface area (TPSA) is 35.2 Å². The fourth-order valence-corrected chi connectivity index (χ4v) is 2.52. The fraction of sp³-hybridized carbons (Fsp3) is 0.200. The van der Waals surface area contributed by atoms with Crippen molar-refractivity contribution in [1.82, 2.24) is 0 Å². The minimum absolute atomic E-state index is 0.262. The van der Waals surface area contributed by atoms with Crippen molar-refractivity contribution in [3.63, 3.8) is 0 Å². The van der Waals surface area contributed by atoms with Crippen molar-refractivity contribution >= 4 is 11.8 Å². The van der Waals surface area contributed by atoms with Gasteiger partial charge in [0.15, 0.2) is 0 Å². The standard InChI is InChI=1S/C15H16FNOS/c1-10-8-11(16)6-7-13(10)18-14-4-3-5-15(19-2)12(14)9-17/h3-8H,9,17H2,1-2H3. The van der Waals surface area contributed by atoms with E-state index < -0.39 is 0 Å². The molecule has 0 saturated heterocycles. The fourth-order valence-electron chi connectivity index (χ4n) is 1.88. The number of halogens is 1. The molecule has 0 aliphatic heterocycles. The number of rotatable bonds is 4. The lowest BCUT2D eigenvalue weighted by Crippen LogP contribution is -2.02. The maximum atomic E-state index is 13.1. The first-order chi connectivity index (χ1) is 9.15. The number of thioether (sulfide) groups is 1. The third kappa shape index (κ3) is 3.08. The summed E-state index contributed by atoms with van der Waals surface area (Å²) < 4.78 is 18.9. The Labute approximate surface area is 116 Å². The average molecular weight is 277 g/mol. The van der Waals surface area contributed by atoms with Gasteiger partial charge in [0.05, 0.1) is 0 Å². The summed E-state index contributed by atoms with van der Waals surface area (Å²) in [5.74, 6) is 1.11. The van der Waals surface area contributed by atoms with E-state index in [1.807, 2.05) is 31.4 Å². The smallest absolute Gasteiger partial charge is 0.133 e. The van der Waals surface area contributed by atoms with Crippen LogP contribution in [0.1, 0.15) is 11.1 Å². The summed E-state index contributed by atoms with van der Waals surface area (Å²) >= 11 is 1.63. The Morgan fingerprint density at radius 3 is 2.63 bits per heavy atom. The van der Waals surface area contributed by atoms with E-state index in [1.54, 1.807) is 17.8 Å². The molecular weight excluding hydrogens is 261 g/mol. The van der Waals surface area contributed by atoms with Gasteiger partial charge in [-0.15, -0.1) is 11.8 Å². The molecule has 2 N–H and O–H groups in total. The Morgan fingerprint density at radius 1 is 1.21 bits per heavy atom. The van der Waals surface area contributed by atoms with Gasteiger partial charge in [0.2, 0.25) is 0 Å². The predicted molar refractivity (Wildman–Crippen MR) is 77.3 cm³/mol. The summed E-state index contributed by atoms with van der Waals surface area (Å²) in [7, 11) is 0. The quantitative estimate of drug-likeness (QED) is 0.854. The Balaban J connectivity index is 2.37. The van der Waals surface area contributed by atoms with Gasteiger partial charge in [0.1, 0.15) is 17.3 Å². The van der Waals surface area contributed by atoms with Crippen LogP contribution in [0, 0.1) is 12.7 Å². The zero-order chi connectivity index (χ0) is 13.8. The van der Waals surface area contributed by atoms with Gasteiger partial charge in [-0.05, 0) is 49.1 Å². The lowest BCUT2D eigenvalue weighted by molar-refractivity contribution is 0.468. The second-order valence-corrected chi connectivity index (χ2v) is 5.00. The normalized spacial score (nSPS) is 10.5. The van der Waals surface area contributed by atoms with Gasteiger partial charge in [-0.3, -0.25) is 0 Å². The lowest BCUT2D eigenvalue weighted by Gasteiger charge is -2.14. The van der Waals surface area contributed by atoms with Crippen LogP contribution in [0.4, 0.5) is 4.39 Å². The molecule has 2 nitrogen and oxygen atoms in total. The van der Waals surface area contributed by atoms with E-state index in [4.69, 9.17) is 10.5 Å². The number of hydrogen-bond acceptors (Lipinski definition) is 3. The Kier molecular flexibility index (Phi) is 4.45. The molecule has 4 heteroatoms. The number of aryl methyl sites for hydroxylation is 1. The molecule has 2 aromatic carbocycles. The van der Waals surface area contributed by atoms with Crippen LogP contribution in [0.25, 0.3) is 0 Å². The van der Waals surface area contributed by atoms with Gasteiger partial charge in [-0.1, -0.05) is 6.07 Å². The first-order valence-electron chi connectivity index (χ1n) is 5.95. The highest BCUT2D eigenvalue weighted by Crippen LogP contribution is 2.33. The molecule has 0 aliphatic rings. The van der Waals surface area contributed by atoms with E-state index >= 15 is 0 Å². The minimum atomic E-state index is -0.262. The van der Waals surface area contributed by atoms with Crippen molar-refractivity contribution in [3.05, 3.63) is 53.3 Å². The van der Waals surface area contributed by atoms with Crippen LogP contribution in [0.15, 0.2) is 41.3 Å². The first kappa shape index (κ1) is 13.9. The summed E-state index contributed by atoms with van der Waals surface area (Å²) in [6.07, 6.45) is 2.00. The molecule has 2 rings (SSSR count). The summed E-state index contributed by atoms with van der Waals surface area (Å²) in [6, 6.07) is 10.3. The summed E-state index contributed by atoms with van der Waals surface area (Å²) in [6.45, 7) is 2.23. The molecule has 0 amide bonds. The second-order valence-electron chi connectivity index (χ2n) is 4.15. The van der Waals surface area contributed by atoms with Crippen molar-refractivity contribution in [3.8, 4) is 11.5 Å². The monoisotopic (exact) mass is 277 g/mol.